The third-order valence-corrected chi connectivity index (χ3v) is 6.89. The summed E-state index contributed by atoms with van der Waals surface area (Å²) in [6.45, 7) is 2.65. The van der Waals surface area contributed by atoms with Gasteiger partial charge in [-0.25, -0.2) is 13.1 Å². The maximum atomic E-state index is 12.4. The highest BCUT2D eigenvalue weighted by Gasteiger charge is 2.17. The lowest BCUT2D eigenvalue weighted by Gasteiger charge is -2.09. The first-order chi connectivity index (χ1) is 13.4. The molecule has 2 aromatic carbocycles. The first kappa shape index (κ1) is 21.1. The molecule has 0 aliphatic carbocycles. The first-order valence-electron chi connectivity index (χ1n) is 8.43. The van der Waals surface area contributed by atoms with Crippen LogP contribution in [0.15, 0.2) is 58.6 Å². The second-order valence-corrected chi connectivity index (χ2v) is 9.42. The highest BCUT2D eigenvalue weighted by Crippen LogP contribution is 2.23. The SMILES string of the molecule is CCn1c(CNS(=O)(=O)c2ccc(Cl)cc2)nnc1SCc1ccc(Cl)cc1. The van der Waals surface area contributed by atoms with E-state index in [1.807, 2.05) is 35.8 Å². The van der Waals surface area contributed by atoms with E-state index >= 15 is 0 Å². The molecule has 0 saturated carbocycles. The summed E-state index contributed by atoms with van der Waals surface area (Å²) in [5.41, 5.74) is 1.12. The fourth-order valence-corrected chi connectivity index (χ4v) is 4.67. The first-order valence-corrected chi connectivity index (χ1v) is 11.7. The minimum atomic E-state index is -3.66. The quantitative estimate of drug-likeness (QED) is 0.508. The van der Waals surface area contributed by atoms with Crippen LogP contribution in [0.5, 0.6) is 0 Å². The largest absolute Gasteiger partial charge is 0.305 e. The van der Waals surface area contributed by atoms with Crippen LogP contribution >= 0.6 is 35.0 Å². The molecule has 0 unspecified atom stereocenters. The normalized spacial score (nSPS) is 11.7. The van der Waals surface area contributed by atoms with Gasteiger partial charge in [-0.1, -0.05) is 47.1 Å². The van der Waals surface area contributed by atoms with Crippen LogP contribution in [-0.2, 0) is 28.9 Å². The Morgan fingerprint density at radius 2 is 1.61 bits per heavy atom. The number of sulfonamides is 1. The summed E-state index contributed by atoms with van der Waals surface area (Å²) >= 11 is 13.3. The molecule has 0 fully saturated rings. The summed E-state index contributed by atoms with van der Waals surface area (Å²) in [4.78, 5) is 0.150. The van der Waals surface area contributed by atoms with E-state index in [1.165, 1.54) is 36.0 Å². The van der Waals surface area contributed by atoms with E-state index in [1.54, 1.807) is 0 Å². The maximum Gasteiger partial charge on any atom is 0.240 e. The summed E-state index contributed by atoms with van der Waals surface area (Å²) in [7, 11) is -3.66. The van der Waals surface area contributed by atoms with Crippen molar-refractivity contribution in [2.45, 2.75) is 35.8 Å². The number of rotatable bonds is 8. The van der Waals surface area contributed by atoms with Crippen molar-refractivity contribution in [3.63, 3.8) is 0 Å². The summed E-state index contributed by atoms with van der Waals surface area (Å²) in [6.07, 6.45) is 0. The molecule has 1 N–H and O–H groups in total. The average molecular weight is 457 g/mol. The zero-order chi connectivity index (χ0) is 20.1. The molecule has 28 heavy (non-hydrogen) atoms. The van der Waals surface area contributed by atoms with Gasteiger partial charge in [0, 0.05) is 22.3 Å². The molecular weight excluding hydrogens is 439 g/mol. The summed E-state index contributed by atoms with van der Waals surface area (Å²) < 4.78 is 29.3. The molecule has 0 atom stereocenters. The maximum absolute atomic E-state index is 12.4. The Labute approximate surface area is 178 Å². The third kappa shape index (κ3) is 5.27. The van der Waals surface area contributed by atoms with Crippen LogP contribution in [0.1, 0.15) is 18.3 Å². The van der Waals surface area contributed by atoms with Gasteiger partial charge in [0.15, 0.2) is 5.16 Å². The monoisotopic (exact) mass is 456 g/mol. The predicted octanol–water partition coefficient (Wildman–Crippen LogP) is 4.38. The zero-order valence-corrected chi connectivity index (χ0v) is 18.1. The van der Waals surface area contributed by atoms with Crippen molar-refractivity contribution < 1.29 is 8.42 Å². The number of hydrogen-bond donors (Lipinski definition) is 1. The van der Waals surface area contributed by atoms with Gasteiger partial charge in [0.2, 0.25) is 10.0 Å². The summed E-state index contributed by atoms with van der Waals surface area (Å²) in [5, 5.41) is 10.3. The molecule has 3 rings (SSSR count). The van der Waals surface area contributed by atoms with Crippen LogP contribution in [0.2, 0.25) is 10.0 Å². The van der Waals surface area contributed by atoms with E-state index in [0.29, 0.717) is 28.2 Å². The van der Waals surface area contributed by atoms with Gasteiger partial charge in [-0.2, -0.15) is 0 Å². The molecule has 0 saturated heterocycles. The second-order valence-electron chi connectivity index (χ2n) is 5.84. The van der Waals surface area contributed by atoms with Gasteiger partial charge in [-0.15, -0.1) is 10.2 Å². The van der Waals surface area contributed by atoms with E-state index in [0.717, 1.165) is 10.7 Å². The molecule has 0 amide bonds. The minimum absolute atomic E-state index is 0.0489. The van der Waals surface area contributed by atoms with Gasteiger partial charge in [-0.05, 0) is 48.9 Å². The van der Waals surface area contributed by atoms with E-state index in [4.69, 9.17) is 23.2 Å². The smallest absolute Gasteiger partial charge is 0.240 e. The zero-order valence-electron chi connectivity index (χ0n) is 15.0. The minimum Gasteiger partial charge on any atom is -0.305 e. The lowest BCUT2D eigenvalue weighted by Crippen LogP contribution is -2.25. The molecule has 6 nitrogen and oxygen atoms in total. The van der Waals surface area contributed by atoms with Crippen molar-refractivity contribution in [2.24, 2.45) is 0 Å². The van der Waals surface area contributed by atoms with Crippen molar-refractivity contribution in [3.8, 4) is 0 Å². The van der Waals surface area contributed by atoms with Gasteiger partial charge < -0.3 is 4.57 Å². The highest BCUT2D eigenvalue weighted by atomic mass is 35.5. The Balaban J connectivity index is 1.67. The molecule has 0 aliphatic rings. The van der Waals surface area contributed by atoms with Crippen molar-refractivity contribution in [3.05, 3.63) is 70.0 Å². The number of benzene rings is 2. The van der Waals surface area contributed by atoms with Crippen LogP contribution in [0.25, 0.3) is 0 Å². The Kier molecular flexibility index (Phi) is 7.00. The number of halogens is 2. The molecule has 0 radical (unpaired) electrons. The van der Waals surface area contributed by atoms with Crippen molar-refractivity contribution in [2.75, 3.05) is 0 Å². The Bertz CT molecular complexity index is 1040. The van der Waals surface area contributed by atoms with Crippen molar-refractivity contribution in [1.29, 1.82) is 0 Å². The number of aromatic nitrogens is 3. The summed E-state index contributed by atoms with van der Waals surface area (Å²) in [5.74, 6) is 1.27. The fourth-order valence-electron chi connectivity index (χ4n) is 2.46. The van der Waals surface area contributed by atoms with Crippen LogP contribution in [0, 0.1) is 0 Å². The van der Waals surface area contributed by atoms with Gasteiger partial charge in [0.1, 0.15) is 5.82 Å². The van der Waals surface area contributed by atoms with Crippen LogP contribution in [0.4, 0.5) is 0 Å². The van der Waals surface area contributed by atoms with Gasteiger partial charge in [-0.3, -0.25) is 0 Å². The standard InChI is InChI=1S/C18H18Cl2N4O2S2/c1-2-24-17(11-21-28(25,26)16-9-7-15(20)8-10-16)22-23-18(24)27-12-13-3-5-14(19)6-4-13/h3-10,21H,2,11-12H2,1H3. The van der Waals surface area contributed by atoms with E-state index in [-0.39, 0.29) is 11.4 Å². The van der Waals surface area contributed by atoms with Crippen LogP contribution in [0.3, 0.4) is 0 Å². The highest BCUT2D eigenvalue weighted by molar-refractivity contribution is 7.98. The van der Waals surface area contributed by atoms with Crippen molar-refractivity contribution >= 4 is 45.0 Å². The van der Waals surface area contributed by atoms with Crippen molar-refractivity contribution in [1.82, 2.24) is 19.5 Å². The molecule has 1 aromatic heterocycles. The van der Waals surface area contributed by atoms with E-state index < -0.39 is 10.0 Å². The topological polar surface area (TPSA) is 76.9 Å². The molecule has 1 heterocycles. The predicted molar refractivity (Wildman–Crippen MR) is 112 cm³/mol. The molecule has 0 bridgehead atoms. The molecule has 148 valence electrons. The number of thioether (sulfide) groups is 1. The van der Waals surface area contributed by atoms with Crippen LogP contribution in [-0.4, -0.2) is 23.2 Å². The second kappa shape index (κ2) is 9.28. The number of nitrogens with zero attached hydrogens (tertiary/aromatic N) is 3. The van der Waals surface area contributed by atoms with Crippen LogP contribution < -0.4 is 4.72 Å². The lowest BCUT2D eigenvalue weighted by atomic mass is 10.2. The van der Waals surface area contributed by atoms with Gasteiger partial charge in [0.05, 0.1) is 11.4 Å². The average Bonchev–Trinajstić information content (AvgIpc) is 3.08. The molecule has 0 spiro atoms. The fraction of sp³-hybridized carbons (Fsp3) is 0.222. The van der Waals surface area contributed by atoms with E-state index in [2.05, 4.69) is 14.9 Å². The molecular formula is C18H18Cl2N4O2S2. The number of nitrogens with one attached hydrogen (secondary N) is 1. The van der Waals surface area contributed by atoms with Gasteiger partial charge >= 0.3 is 0 Å². The molecule has 0 aliphatic heterocycles. The van der Waals surface area contributed by atoms with E-state index in [9.17, 15) is 8.42 Å². The third-order valence-electron chi connectivity index (χ3n) is 3.94. The Morgan fingerprint density at radius 3 is 2.21 bits per heavy atom. The molecule has 10 heteroatoms. The summed E-state index contributed by atoms with van der Waals surface area (Å²) in [6, 6.07) is 13.6. The molecule has 3 aromatic rings. The Morgan fingerprint density at radius 1 is 1.00 bits per heavy atom. The number of hydrogen-bond acceptors (Lipinski definition) is 5. The lowest BCUT2D eigenvalue weighted by molar-refractivity contribution is 0.572. The Hall–Kier alpha value is -1.58. The van der Waals surface area contributed by atoms with Gasteiger partial charge in [0.25, 0.3) is 0 Å².